The summed E-state index contributed by atoms with van der Waals surface area (Å²) < 4.78 is 11.3. The Morgan fingerprint density at radius 1 is 0.622 bits per heavy atom. The third-order valence-corrected chi connectivity index (χ3v) is 10.7. The molecule has 0 saturated carbocycles. The fourth-order valence-corrected chi connectivity index (χ4v) is 8.88. The number of hydrogen-bond donors (Lipinski definition) is 0. The molecule has 0 bridgehead atoms. The Morgan fingerprint density at radius 3 is 2.08 bits per heavy atom. The van der Waals surface area contributed by atoms with Crippen molar-refractivity contribution in [2.45, 2.75) is 13.8 Å². The molecule has 0 N–H and O–H groups in total. The van der Waals surface area contributed by atoms with Gasteiger partial charge in [-0.1, -0.05) is 0 Å². The summed E-state index contributed by atoms with van der Waals surface area (Å²) in [5, 5.41) is 6.32. The summed E-state index contributed by atoms with van der Waals surface area (Å²) in [5.41, 5.74) is 7.57. The topological polar surface area (TPSA) is 35.1 Å². The van der Waals surface area contributed by atoms with Gasteiger partial charge in [0, 0.05) is 0 Å². The third kappa shape index (κ3) is 2.98. The van der Waals surface area contributed by atoms with Crippen molar-refractivity contribution in [3.63, 3.8) is 0 Å². The minimum absolute atomic E-state index is 0.109. The Labute approximate surface area is 221 Å². The van der Waals surface area contributed by atoms with Crippen LogP contribution in [0.5, 0.6) is 0 Å². The molecule has 0 fully saturated rings. The molecule has 8 aromatic rings. The average Bonchev–Trinajstić information content (AvgIpc) is 3.42. The molecule has 0 aliphatic carbocycles. The first kappa shape index (κ1) is 21.3. The fourth-order valence-electron chi connectivity index (χ4n) is 5.76. The van der Waals surface area contributed by atoms with E-state index < -0.39 is 20.4 Å². The van der Waals surface area contributed by atoms with E-state index in [2.05, 4.69) is 85.1 Å². The molecule has 0 spiro atoms. The fraction of sp³-hybridized carbons (Fsp3) is 0.0606. The quantitative estimate of drug-likeness (QED) is 0.143. The van der Waals surface area contributed by atoms with E-state index in [1.807, 2.05) is 24.3 Å². The van der Waals surface area contributed by atoms with E-state index >= 15 is 0 Å². The van der Waals surface area contributed by atoms with E-state index in [0.29, 0.717) is 0 Å². The van der Waals surface area contributed by atoms with Gasteiger partial charge < -0.3 is 0 Å². The van der Waals surface area contributed by atoms with Crippen LogP contribution in [-0.4, -0.2) is 25.0 Å². The van der Waals surface area contributed by atoms with Crippen LogP contribution in [0.25, 0.3) is 67.0 Å². The van der Waals surface area contributed by atoms with Crippen molar-refractivity contribution in [2.24, 2.45) is 0 Å². The van der Waals surface area contributed by atoms with Gasteiger partial charge >= 0.3 is 223 Å². The molecule has 8 rings (SSSR count). The van der Waals surface area contributed by atoms with Crippen molar-refractivity contribution in [1.82, 2.24) is 4.57 Å². The van der Waals surface area contributed by atoms with Crippen LogP contribution in [0.15, 0.2) is 100 Å². The van der Waals surface area contributed by atoms with E-state index in [9.17, 15) is 4.79 Å². The molecule has 0 atom stereocenters. The van der Waals surface area contributed by atoms with Crippen LogP contribution in [0.4, 0.5) is 0 Å². The van der Waals surface area contributed by atoms with E-state index in [1.165, 1.54) is 28.7 Å². The maximum absolute atomic E-state index is 13.3. The summed E-state index contributed by atoms with van der Waals surface area (Å²) in [7, 11) is 0. The number of hydrogen-bond acceptors (Lipinski definition) is 2. The zero-order chi connectivity index (χ0) is 24.8. The van der Waals surface area contributed by atoms with Crippen LogP contribution < -0.4 is 5.43 Å². The molecular weight excluding hydrogens is 570 g/mol. The van der Waals surface area contributed by atoms with Crippen LogP contribution in [0.2, 0.25) is 0 Å². The van der Waals surface area contributed by atoms with Crippen LogP contribution in [0.3, 0.4) is 0 Å². The van der Waals surface area contributed by atoms with E-state index in [-0.39, 0.29) is 5.43 Å². The van der Waals surface area contributed by atoms with Gasteiger partial charge in [-0.15, -0.1) is 0 Å². The molecule has 5 aromatic carbocycles. The monoisotopic (exact) mass is 593 g/mol. The second-order valence-electron chi connectivity index (χ2n) is 9.90. The Bertz CT molecular complexity index is 2240. The predicted octanol–water partition coefficient (Wildman–Crippen LogP) is 8.02. The molecule has 3 nitrogen and oxygen atoms in total. The number of rotatable bonds is 1. The second kappa shape index (κ2) is 7.59. The number of furan rings is 1. The number of para-hydroxylation sites is 1. The molecule has 0 amide bonds. The van der Waals surface area contributed by atoms with Crippen molar-refractivity contribution < 1.29 is 4.42 Å². The number of benzene rings is 5. The molecule has 3 aromatic heterocycles. The normalized spacial score (nSPS) is 12.2. The first-order valence-corrected chi connectivity index (χ1v) is 14.7. The number of aryl methyl sites for hydroxylation is 2. The van der Waals surface area contributed by atoms with Gasteiger partial charge in [0.1, 0.15) is 0 Å². The summed E-state index contributed by atoms with van der Waals surface area (Å²) in [6.07, 6.45) is 0. The summed E-state index contributed by atoms with van der Waals surface area (Å²) in [6, 6.07) is 32.0. The molecular formula is C33H21NO2Te. The molecule has 0 aliphatic rings. The van der Waals surface area contributed by atoms with Crippen LogP contribution >= 0.6 is 0 Å². The average molecular weight is 591 g/mol. The van der Waals surface area contributed by atoms with Gasteiger partial charge in [0.25, 0.3) is 0 Å². The van der Waals surface area contributed by atoms with E-state index in [4.69, 9.17) is 4.42 Å². The first-order chi connectivity index (χ1) is 18.1. The van der Waals surface area contributed by atoms with Gasteiger partial charge in [-0.2, -0.15) is 0 Å². The summed E-state index contributed by atoms with van der Waals surface area (Å²) in [5.74, 6) is 0. The molecule has 0 saturated heterocycles. The summed E-state index contributed by atoms with van der Waals surface area (Å²) in [6.45, 7) is 4.28. The third-order valence-electron chi connectivity index (χ3n) is 7.49. The summed E-state index contributed by atoms with van der Waals surface area (Å²) >= 11 is -0.647. The maximum atomic E-state index is 13.3. The van der Waals surface area contributed by atoms with Gasteiger partial charge in [-0.25, -0.2) is 0 Å². The first-order valence-electron chi connectivity index (χ1n) is 12.4. The van der Waals surface area contributed by atoms with Gasteiger partial charge in [0.05, 0.1) is 0 Å². The van der Waals surface area contributed by atoms with Gasteiger partial charge in [-0.05, 0) is 0 Å². The number of aromatic nitrogens is 1. The van der Waals surface area contributed by atoms with Gasteiger partial charge in [-0.3, -0.25) is 0 Å². The van der Waals surface area contributed by atoms with Crippen LogP contribution in [0, 0.1) is 13.8 Å². The Kier molecular flexibility index (Phi) is 4.36. The van der Waals surface area contributed by atoms with Crippen molar-refractivity contribution in [3.8, 4) is 5.69 Å². The molecule has 4 heteroatoms. The zero-order valence-electron chi connectivity index (χ0n) is 20.3. The molecule has 37 heavy (non-hydrogen) atoms. The van der Waals surface area contributed by atoms with E-state index in [1.54, 1.807) is 0 Å². The van der Waals surface area contributed by atoms with Crippen molar-refractivity contribution >= 4 is 81.8 Å². The van der Waals surface area contributed by atoms with Gasteiger partial charge in [0.15, 0.2) is 0 Å². The van der Waals surface area contributed by atoms with Crippen LogP contribution in [0.1, 0.15) is 11.1 Å². The van der Waals surface area contributed by atoms with Crippen molar-refractivity contribution in [1.29, 1.82) is 0 Å². The Morgan fingerprint density at radius 2 is 1.32 bits per heavy atom. The molecule has 3 heterocycles. The zero-order valence-corrected chi connectivity index (χ0v) is 22.7. The van der Waals surface area contributed by atoms with Crippen molar-refractivity contribution in [2.75, 3.05) is 0 Å². The SMILES string of the molecule is Cc1ccc2c(c1)c1cc(C)ccc1n2-c1cccc2c1oc1cc3c(=O)c4ccccc4[te]c3cc12. The number of nitrogens with zero attached hydrogens (tertiary/aromatic N) is 1. The van der Waals surface area contributed by atoms with Gasteiger partial charge in [0.2, 0.25) is 0 Å². The number of fused-ring (bicyclic) bond motifs is 8. The summed E-state index contributed by atoms with van der Waals surface area (Å²) in [4.78, 5) is 13.3. The minimum atomic E-state index is -0.647. The molecule has 0 aliphatic heterocycles. The van der Waals surface area contributed by atoms with Crippen molar-refractivity contribution in [3.05, 3.63) is 112 Å². The second-order valence-corrected chi connectivity index (χ2v) is 13.0. The van der Waals surface area contributed by atoms with E-state index in [0.717, 1.165) is 49.4 Å². The Hall–Kier alpha value is -3.84. The molecule has 0 radical (unpaired) electrons. The molecule has 176 valence electrons. The predicted molar refractivity (Wildman–Crippen MR) is 156 cm³/mol. The van der Waals surface area contributed by atoms with Crippen LogP contribution in [-0.2, 0) is 0 Å². The Balaban J connectivity index is 1.50. The standard InChI is InChI=1S/C33H21NO2Te/c1-18-10-12-26-22(14-18)23-15-19(2)11-13-27(23)34(26)28-8-5-7-20-24-17-31-25(16-29(24)36-33(20)28)32(35)21-6-3-4-9-30(21)37-31/h3-17H,1-2H3. The molecule has 0 unspecified atom stereocenters.